The van der Waals surface area contributed by atoms with Gasteiger partial charge in [0.1, 0.15) is 0 Å². The maximum Gasteiger partial charge on any atom is 0.416 e. The van der Waals surface area contributed by atoms with Gasteiger partial charge in [0.05, 0.1) is 11.2 Å². The van der Waals surface area contributed by atoms with Crippen LogP contribution >= 0.6 is 0 Å². The molecule has 1 aliphatic carbocycles. The lowest BCUT2D eigenvalue weighted by molar-refractivity contribution is -0.137. The summed E-state index contributed by atoms with van der Waals surface area (Å²) in [6.45, 7) is 0.300. The average Bonchev–Trinajstić information content (AvgIpc) is 2.74. The van der Waals surface area contributed by atoms with Gasteiger partial charge in [0.2, 0.25) is 0 Å². The summed E-state index contributed by atoms with van der Waals surface area (Å²) in [7, 11) is 0. The van der Waals surface area contributed by atoms with Gasteiger partial charge in [0.15, 0.2) is 0 Å². The molecule has 0 heterocycles. The van der Waals surface area contributed by atoms with Gasteiger partial charge in [-0.1, -0.05) is 18.9 Å². The quantitative estimate of drug-likeness (QED) is 0.871. The number of alkyl halides is 3. The third-order valence-electron chi connectivity index (χ3n) is 3.35. The molecule has 1 fully saturated rings. The monoisotopic (exact) mass is 259 g/mol. The van der Waals surface area contributed by atoms with Crippen molar-refractivity contribution in [3.05, 3.63) is 29.8 Å². The van der Waals surface area contributed by atoms with Crippen LogP contribution in [0.15, 0.2) is 24.3 Å². The molecule has 0 bridgehead atoms. The molecule has 0 radical (unpaired) electrons. The number of anilines is 1. The molecule has 0 amide bonds. The molecule has 2 rings (SSSR count). The molecule has 0 aromatic heterocycles. The summed E-state index contributed by atoms with van der Waals surface area (Å²) in [5, 5.41) is 13.0. The van der Waals surface area contributed by atoms with E-state index in [0.29, 0.717) is 25.1 Å². The minimum atomic E-state index is -4.33. The SMILES string of the molecule is OC1(CNc2cccc(C(F)(F)F)c2)CCCC1. The summed E-state index contributed by atoms with van der Waals surface area (Å²) in [5.41, 5.74) is -1.05. The first kappa shape index (κ1) is 13.2. The van der Waals surface area contributed by atoms with Crippen molar-refractivity contribution in [3.63, 3.8) is 0 Å². The van der Waals surface area contributed by atoms with Crippen LogP contribution in [0, 0.1) is 0 Å². The summed E-state index contributed by atoms with van der Waals surface area (Å²) >= 11 is 0. The van der Waals surface area contributed by atoms with Gasteiger partial charge < -0.3 is 10.4 Å². The van der Waals surface area contributed by atoms with Gasteiger partial charge in [-0.3, -0.25) is 0 Å². The first-order valence-electron chi connectivity index (χ1n) is 6.03. The third kappa shape index (κ3) is 3.16. The van der Waals surface area contributed by atoms with Crippen LogP contribution in [0.25, 0.3) is 0 Å². The van der Waals surface area contributed by atoms with Crippen LogP contribution in [0.4, 0.5) is 18.9 Å². The Morgan fingerprint density at radius 1 is 1.22 bits per heavy atom. The number of aliphatic hydroxyl groups is 1. The fourth-order valence-electron chi connectivity index (χ4n) is 2.28. The van der Waals surface area contributed by atoms with E-state index in [1.165, 1.54) is 6.07 Å². The summed E-state index contributed by atoms with van der Waals surface area (Å²) in [6.07, 6.45) is -0.971. The molecule has 0 saturated heterocycles. The van der Waals surface area contributed by atoms with Crippen molar-refractivity contribution in [2.24, 2.45) is 0 Å². The highest BCUT2D eigenvalue weighted by Gasteiger charge is 2.32. The molecule has 1 aliphatic rings. The predicted octanol–water partition coefficient (Wildman–Crippen LogP) is 3.42. The first-order valence-corrected chi connectivity index (χ1v) is 6.03. The van der Waals surface area contributed by atoms with Crippen molar-refractivity contribution < 1.29 is 18.3 Å². The molecule has 2 nitrogen and oxygen atoms in total. The highest BCUT2D eigenvalue weighted by atomic mass is 19.4. The van der Waals surface area contributed by atoms with E-state index in [1.54, 1.807) is 6.07 Å². The number of hydrogen-bond acceptors (Lipinski definition) is 2. The van der Waals surface area contributed by atoms with Gasteiger partial charge in [0.25, 0.3) is 0 Å². The van der Waals surface area contributed by atoms with Gasteiger partial charge in [-0.25, -0.2) is 0 Å². The van der Waals surface area contributed by atoms with E-state index < -0.39 is 17.3 Å². The van der Waals surface area contributed by atoms with Crippen molar-refractivity contribution in [3.8, 4) is 0 Å². The summed E-state index contributed by atoms with van der Waals surface area (Å²) < 4.78 is 37.5. The van der Waals surface area contributed by atoms with E-state index in [4.69, 9.17) is 0 Å². The van der Waals surface area contributed by atoms with E-state index in [9.17, 15) is 18.3 Å². The minimum Gasteiger partial charge on any atom is -0.388 e. The predicted molar refractivity (Wildman–Crippen MR) is 63.4 cm³/mol. The van der Waals surface area contributed by atoms with Crippen LogP contribution in [-0.2, 0) is 6.18 Å². The van der Waals surface area contributed by atoms with Gasteiger partial charge in [-0.2, -0.15) is 13.2 Å². The molecule has 1 aromatic carbocycles. The van der Waals surface area contributed by atoms with Crippen LogP contribution in [0.3, 0.4) is 0 Å². The zero-order chi connectivity index (χ0) is 13.2. The van der Waals surface area contributed by atoms with E-state index in [0.717, 1.165) is 25.0 Å². The Morgan fingerprint density at radius 3 is 2.50 bits per heavy atom. The molecule has 1 aromatic rings. The van der Waals surface area contributed by atoms with Crippen molar-refractivity contribution in [1.82, 2.24) is 0 Å². The van der Waals surface area contributed by atoms with Crippen molar-refractivity contribution in [2.75, 3.05) is 11.9 Å². The lowest BCUT2D eigenvalue weighted by Gasteiger charge is -2.23. The van der Waals surface area contributed by atoms with Gasteiger partial charge in [0, 0.05) is 12.2 Å². The highest BCUT2D eigenvalue weighted by Crippen LogP contribution is 2.32. The largest absolute Gasteiger partial charge is 0.416 e. The molecule has 0 spiro atoms. The number of hydrogen-bond donors (Lipinski definition) is 2. The molecule has 5 heteroatoms. The Hall–Kier alpha value is -1.23. The molecule has 0 aliphatic heterocycles. The Balaban J connectivity index is 2.01. The number of halogens is 3. The second kappa shape index (κ2) is 4.80. The van der Waals surface area contributed by atoms with Crippen LogP contribution in [-0.4, -0.2) is 17.3 Å². The fourth-order valence-corrected chi connectivity index (χ4v) is 2.28. The fraction of sp³-hybridized carbons (Fsp3) is 0.538. The standard InChI is InChI=1S/C13H16F3NO/c14-13(15,16)10-4-3-5-11(8-10)17-9-12(18)6-1-2-7-12/h3-5,8,17-18H,1-2,6-7,9H2. The Labute approximate surface area is 104 Å². The van der Waals surface area contributed by atoms with Crippen molar-refractivity contribution >= 4 is 5.69 Å². The topological polar surface area (TPSA) is 32.3 Å². The molecular weight excluding hydrogens is 243 g/mol. The average molecular weight is 259 g/mol. The highest BCUT2D eigenvalue weighted by molar-refractivity contribution is 5.46. The Bertz CT molecular complexity index is 411. The summed E-state index contributed by atoms with van der Waals surface area (Å²) in [6, 6.07) is 5.05. The molecule has 1 saturated carbocycles. The maximum absolute atomic E-state index is 12.5. The zero-order valence-corrected chi connectivity index (χ0v) is 9.93. The Kier molecular flexibility index (Phi) is 3.52. The van der Waals surface area contributed by atoms with Crippen molar-refractivity contribution in [2.45, 2.75) is 37.5 Å². The normalized spacial score (nSPS) is 18.9. The van der Waals surface area contributed by atoms with Crippen LogP contribution < -0.4 is 5.32 Å². The molecule has 2 N–H and O–H groups in total. The van der Waals surface area contributed by atoms with Crippen molar-refractivity contribution in [1.29, 1.82) is 0 Å². The van der Waals surface area contributed by atoms with Crippen LogP contribution in [0.5, 0.6) is 0 Å². The molecule has 0 atom stereocenters. The van der Waals surface area contributed by atoms with Crippen LogP contribution in [0.2, 0.25) is 0 Å². The van der Waals surface area contributed by atoms with E-state index in [1.807, 2.05) is 0 Å². The maximum atomic E-state index is 12.5. The van der Waals surface area contributed by atoms with E-state index >= 15 is 0 Å². The Morgan fingerprint density at radius 2 is 1.89 bits per heavy atom. The van der Waals surface area contributed by atoms with E-state index in [-0.39, 0.29) is 0 Å². The minimum absolute atomic E-state index is 0.300. The second-order valence-corrected chi connectivity index (χ2v) is 4.86. The number of nitrogens with one attached hydrogen (secondary N) is 1. The smallest absolute Gasteiger partial charge is 0.388 e. The lowest BCUT2D eigenvalue weighted by atomic mass is 10.0. The molecule has 0 unspecified atom stereocenters. The van der Waals surface area contributed by atoms with Gasteiger partial charge in [-0.15, -0.1) is 0 Å². The zero-order valence-electron chi connectivity index (χ0n) is 9.93. The number of rotatable bonds is 3. The summed E-state index contributed by atoms with van der Waals surface area (Å²) in [5.74, 6) is 0. The molecule has 100 valence electrons. The van der Waals surface area contributed by atoms with Gasteiger partial charge >= 0.3 is 6.18 Å². The molecule has 18 heavy (non-hydrogen) atoms. The molecular formula is C13H16F3NO. The van der Waals surface area contributed by atoms with Crippen LogP contribution in [0.1, 0.15) is 31.2 Å². The second-order valence-electron chi connectivity index (χ2n) is 4.86. The summed E-state index contributed by atoms with van der Waals surface area (Å²) in [4.78, 5) is 0. The number of benzene rings is 1. The third-order valence-corrected chi connectivity index (χ3v) is 3.35. The van der Waals surface area contributed by atoms with Gasteiger partial charge in [-0.05, 0) is 31.0 Å². The van der Waals surface area contributed by atoms with E-state index in [2.05, 4.69) is 5.32 Å². The lowest BCUT2D eigenvalue weighted by Crippen LogP contribution is -2.33. The first-order chi connectivity index (χ1) is 8.39.